The summed E-state index contributed by atoms with van der Waals surface area (Å²) in [4.78, 5) is 2.51. The Hall–Kier alpha value is -0.950. The average Bonchev–Trinajstić information content (AvgIpc) is 3.20. The van der Waals surface area contributed by atoms with Gasteiger partial charge in [0.05, 0.1) is 4.90 Å². The number of benzene rings is 1. The lowest BCUT2D eigenvalue weighted by Gasteiger charge is -2.14. The van der Waals surface area contributed by atoms with Crippen molar-refractivity contribution >= 4 is 10.0 Å². The van der Waals surface area contributed by atoms with Gasteiger partial charge in [-0.1, -0.05) is 12.1 Å². The summed E-state index contributed by atoms with van der Waals surface area (Å²) < 4.78 is 27.7. The fraction of sp³-hybridized carbons (Fsp3) is 0.600. The van der Waals surface area contributed by atoms with Gasteiger partial charge in [0.15, 0.2) is 0 Å². The zero-order chi connectivity index (χ0) is 14.9. The first kappa shape index (κ1) is 15.0. The van der Waals surface area contributed by atoms with Gasteiger partial charge in [0.2, 0.25) is 10.0 Å². The molecule has 2 fully saturated rings. The highest BCUT2D eigenvalue weighted by atomic mass is 32.2. The van der Waals surface area contributed by atoms with Crippen LogP contribution in [0.5, 0.6) is 0 Å². The molecule has 1 saturated carbocycles. The van der Waals surface area contributed by atoms with E-state index in [-0.39, 0.29) is 6.04 Å². The molecule has 0 spiro atoms. The molecule has 1 unspecified atom stereocenters. The zero-order valence-corrected chi connectivity index (χ0v) is 13.2. The SMILES string of the molecule is CN1CCC(NS(=O)(=O)c2cccc(CNC3CC3)c2)C1. The molecule has 5 nitrogen and oxygen atoms in total. The Balaban J connectivity index is 1.67. The fourth-order valence-electron chi connectivity index (χ4n) is 2.69. The molecule has 1 heterocycles. The van der Waals surface area contributed by atoms with E-state index in [1.54, 1.807) is 12.1 Å². The lowest BCUT2D eigenvalue weighted by Crippen LogP contribution is -2.36. The van der Waals surface area contributed by atoms with Gasteiger partial charge >= 0.3 is 0 Å². The highest BCUT2D eigenvalue weighted by Crippen LogP contribution is 2.20. The third kappa shape index (κ3) is 4.03. The molecule has 1 aromatic carbocycles. The van der Waals surface area contributed by atoms with Crippen molar-refractivity contribution in [1.29, 1.82) is 0 Å². The Kier molecular flexibility index (Phi) is 4.31. The summed E-state index contributed by atoms with van der Waals surface area (Å²) in [5.74, 6) is 0. The molecule has 116 valence electrons. The maximum atomic E-state index is 12.4. The molecule has 1 saturated heterocycles. The third-order valence-electron chi connectivity index (χ3n) is 4.09. The number of hydrogen-bond donors (Lipinski definition) is 2. The Bertz CT molecular complexity index is 599. The van der Waals surface area contributed by atoms with E-state index in [0.717, 1.165) is 31.6 Å². The van der Waals surface area contributed by atoms with Gasteiger partial charge < -0.3 is 10.2 Å². The minimum Gasteiger partial charge on any atom is -0.310 e. The van der Waals surface area contributed by atoms with Crippen LogP contribution in [0.15, 0.2) is 29.2 Å². The highest BCUT2D eigenvalue weighted by Gasteiger charge is 2.25. The topological polar surface area (TPSA) is 61.4 Å². The minimum absolute atomic E-state index is 0.0215. The van der Waals surface area contributed by atoms with E-state index in [9.17, 15) is 8.42 Å². The molecule has 0 radical (unpaired) electrons. The number of rotatable bonds is 6. The van der Waals surface area contributed by atoms with E-state index in [1.807, 2.05) is 19.2 Å². The van der Waals surface area contributed by atoms with Gasteiger partial charge in [-0.15, -0.1) is 0 Å². The molecular formula is C15H23N3O2S. The zero-order valence-electron chi connectivity index (χ0n) is 12.4. The molecule has 1 aliphatic heterocycles. The van der Waals surface area contributed by atoms with Crippen LogP contribution in [-0.2, 0) is 16.6 Å². The number of nitrogens with one attached hydrogen (secondary N) is 2. The second-order valence-electron chi connectivity index (χ2n) is 6.17. The number of hydrogen-bond acceptors (Lipinski definition) is 4. The first-order valence-corrected chi connectivity index (χ1v) is 9.04. The van der Waals surface area contributed by atoms with Gasteiger partial charge in [-0.25, -0.2) is 13.1 Å². The summed E-state index contributed by atoms with van der Waals surface area (Å²) in [5, 5.41) is 3.41. The molecular weight excluding hydrogens is 286 g/mol. The van der Waals surface area contributed by atoms with Crippen LogP contribution < -0.4 is 10.0 Å². The summed E-state index contributed by atoms with van der Waals surface area (Å²) >= 11 is 0. The Labute approximate surface area is 126 Å². The van der Waals surface area contributed by atoms with Crippen LogP contribution >= 0.6 is 0 Å². The van der Waals surface area contributed by atoms with Gasteiger partial charge in [0.1, 0.15) is 0 Å². The van der Waals surface area contributed by atoms with E-state index >= 15 is 0 Å². The largest absolute Gasteiger partial charge is 0.310 e. The molecule has 6 heteroatoms. The van der Waals surface area contributed by atoms with Crippen LogP contribution in [-0.4, -0.2) is 45.5 Å². The van der Waals surface area contributed by atoms with Gasteiger partial charge in [-0.05, 0) is 50.6 Å². The standard InChI is InChI=1S/C15H23N3O2S/c1-18-8-7-14(11-18)17-21(19,20)15-4-2-3-12(9-15)10-16-13-5-6-13/h2-4,9,13-14,16-17H,5-8,10-11H2,1H3. The van der Waals surface area contributed by atoms with Crippen molar-refractivity contribution < 1.29 is 8.42 Å². The van der Waals surface area contributed by atoms with Crippen molar-refractivity contribution in [3.63, 3.8) is 0 Å². The van der Waals surface area contributed by atoms with Crippen molar-refractivity contribution in [3.05, 3.63) is 29.8 Å². The first-order chi connectivity index (χ1) is 10.0. The molecule has 2 N–H and O–H groups in total. The number of sulfonamides is 1. The molecule has 0 bridgehead atoms. The van der Waals surface area contributed by atoms with E-state index in [4.69, 9.17) is 0 Å². The van der Waals surface area contributed by atoms with Gasteiger partial charge in [0, 0.05) is 25.2 Å². The summed E-state index contributed by atoms with van der Waals surface area (Å²) in [5.41, 5.74) is 1.02. The van der Waals surface area contributed by atoms with Crippen LogP contribution in [0.2, 0.25) is 0 Å². The van der Waals surface area contributed by atoms with Crippen LogP contribution in [0.1, 0.15) is 24.8 Å². The van der Waals surface area contributed by atoms with E-state index in [0.29, 0.717) is 10.9 Å². The lowest BCUT2D eigenvalue weighted by molar-refractivity contribution is 0.407. The molecule has 0 aromatic heterocycles. The predicted molar refractivity (Wildman–Crippen MR) is 82.5 cm³/mol. The van der Waals surface area contributed by atoms with Crippen molar-refractivity contribution in [2.75, 3.05) is 20.1 Å². The Morgan fingerprint density at radius 1 is 1.24 bits per heavy atom. The highest BCUT2D eigenvalue weighted by molar-refractivity contribution is 7.89. The van der Waals surface area contributed by atoms with Gasteiger partial charge in [0.25, 0.3) is 0 Å². The molecule has 2 aliphatic rings. The summed E-state index contributed by atoms with van der Waals surface area (Å²) in [6.07, 6.45) is 3.34. The van der Waals surface area contributed by atoms with Gasteiger partial charge in [-0.2, -0.15) is 0 Å². The van der Waals surface area contributed by atoms with E-state index in [2.05, 4.69) is 14.9 Å². The monoisotopic (exact) mass is 309 g/mol. The maximum Gasteiger partial charge on any atom is 0.240 e. The van der Waals surface area contributed by atoms with Crippen LogP contribution in [0.3, 0.4) is 0 Å². The average molecular weight is 309 g/mol. The fourth-order valence-corrected chi connectivity index (χ4v) is 4.02. The number of nitrogens with zero attached hydrogens (tertiary/aromatic N) is 1. The third-order valence-corrected chi connectivity index (χ3v) is 5.61. The Morgan fingerprint density at radius 3 is 2.71 bits per heavy atom. The van der Waals surface area contributed by atoms with Crippen LogP contribution in [0.4, 0.5) is 0 Å². The Morgan fingerprint density at radius 2 is 2.05 bits per heavy atom. The minimum atomic E-state index is -3.42. The quantitative estimate of drug-likeness (QED) is 0.820. The van der Waals surface area contributed by atoms with E-state index < -0.39 is 10.0 Å². The number of likely N-dealkylation sites (tertiary alicyclic amines) is 1. The van der Waals surface area contributed by atoms with E-state index in [1.165, 1.54) is 12.8 Å². The van der Waals surface area contributed by atoms with Crippen LogP contribution in [0, 0.1) is 0 Å². The molecule has 3 rings (SSSR count). The summed E-state index contributed by atoms with van der Waals surface area (Å²) in [7, 11) is -1.40. The van der Waals surface area contributed by atoms with Gasteiger partial charge in [-0.3, -0.25) is 0 Å². The summed E-state index contributed by atoms with van der Waals surface area (Å²) in [6, 6.07) is 7.88. The first-order valence-electron chi connectivity index (χ1n) is 7.56. The second kappa shape index (κ2) is 6.04. The molecule has 0 amide bonds. The molecule has 1 aliphatic carbocycles. The smallest absolute Gasteiger partial charge is 0.240 e. The van der Waals surface area contributed by atoms with Crippen molar-refractivity contribution in [2.24, 2.45) is 0 Å². The molecule has 1 aromatic rings. The maximum absolute atomic E-state index is 12.4. The predicted octanol–water partition coefficient (Wildman–Crippen LogP) is 0.921. The summed E-state index contributed by atoms with van der Waals surface area (Å²) in [6.45, 7) is 2.46. The molecule has 1 atom stereocenters. The van der Waals surface area contributed by atoms with Crippen molar-refractivity contribution in [1.82, 2.24) is 14.9 Å². The number of likely N-dealkylation sites (N-methyl/N-ethyl adjacent to an activating group) is 1. The van der Waals surface area contributed by atoms with Crippen LogP contribution in [0.25, 0.3) is 0 Å². The molecule has 21 heavy (non-hydrogen) atoms. The van der Waals surface area contributed by atoms with Crippen molar-refractivity contribution in [3.8, 4) is 0 Å². The van der Waals surface area contributed by atoms with Crippen molar-refractivity contribution in [2.45, 2.75) is 42.8 Å². The lowest BCUT2D eigenvalue weighted by atomic mass is 10.2. The normalized spacial score (nSPS) is 23.6. The second-order valence-corrected chi connectivity index (χ2v) is 7.89.